The number of benzene rings is 1. The number of hydrogen-bond donors (Lipinski definition) is 3. The molecule has 4 amide bonds. The van der Waals surface area contributed by atoms with Crippen LogP contribution in [0.25, 0.3) is 10.9 Å². The lowest BCUT2D eigenvalue weighted by Gasteiger charge is -2.30. The molecular formula is C39H52BrN5O10S. The van der Waals surface area contributed by atoms with Crippen LogP contribution in [0.2, 0.25) is 0 Å². The minimum Gasteiger partial charge on any atom is -0.495 e. The standard InChI is InChI=1S/C39H52BrN5O10S/c1-7-53-30-20-29(25-15-16-28(52-6)31(40)32(25)42-30)54-24-19-27-33(46)43-39(35(48)44-56(50,51)38(5)17-18-38)21-23(39)13-11-9-8-10-12-14-26(34(47)45(27)22-24)41-36(49)55-37(2,3)4/h11,13,15-16,20,23-24,26-27H,7-10,12,14,17-19,21-22H2,1-6H3,(H,41,49)(H,43,46)(H,44,48)/b13-11-/t23-,24-,26+,27+,39-/m1/s1. The predicted molar refractivity (Wildman–Crippen MR) is 211 cm³/mol. The Labute approximate surface area is 336 Å². The number of amides is 4. The number of pyridine rings is 1. The van der Waals surface area contributed by atoms with Crippen molar-refractivity contribution < 1.29 is 46.5 Å². The molecule has 2 aliphatic carbocycles. The second kappa shape index (κ2) is 16.0. The number of carbonyl (C=O) groups excluding carboxylic acids is 4. The molecule has 3 heterocycles. The molecule has 0 unspecified atom stereocenters. The summed E-state index contributed by atoms with van der Waals surface area (Å²) in [7, 11) is -2.46. The van der Waals surface area contributed by atoms with Crippen molar-refractivity contribution in [3.05, 3.63) is 34.8 Å². The van der Waals surface area contributed by atoms with Gasteiger partial charge in [0.15, 0.2) is 0 Å². The zero-order valence-corrected chi connectivity index (χ0v) is 35.1. The van der Waals surface area contributed by atoms with Crippen LogP contribution in [0.4, 0.5) is 4.79 Å². The molecule has 3 fully saturated rings. The molecule has 2 aliphatic heterocycles. The molecule has 6 rings (SSSR count). The summed E-state index contributed by atoms with van der Waals surface area (Å²) in [6.45, 7) is 8.89. The Kier molecular flexibility index (Phi) is 11.9. The van der Waals surface area contributed by atoms with Gasteiger partial charge < -0.3 is 34.5 Å². The molecule has 0 bridgehead atoms. The molecule has 1 aromatic carbocycles. The zero-order chi connectivity index (χ0) is 40.6. The quantitative estimate of drug-likeness (QED) is 0.287. The number of fused-ring (bicyclic) bond motifs is 3. The lowest BCUT2D eigenvalue weighted by Crippen LogP contribution is -2.58. The highest BCUT2D eigenvalue weighted by Crippen LogP contribution is 2.48. The number of halogens is 1. The average molecular weight is 863 g/mol. The number of hydrogen-bond acceptors (Lipinski definition) is 11. The van der Waals surface area contributed by atoms with E-state index in [1.807, 2.05) is 19.1 Å². The molecule has 0 spiro atoms. The Morgan fingerprint density at radius 3 is 2.55 bits per heavy atom. The van der Waals surface area contributed by atoms with E-state index >= 15 is 0 Å². The first kappa shape index (κ1) is 41.5. The van der Waals surface area contributed by atoms with Gasteiger partial charge >= 0.3 is 6.09 Å². The topological polar surface area (TPSA) is 192 Å². The normalized spacial score (nSPS) is 27.0. The predicted octanol–water partition coefficient (Wildman–Crippen LogP) is 5.04. The number of allylic oxidation sites excluding steroid dienone is 1. The molecule has 56 heavy (non-hydrogen) atoms. The summed E-state index contributed by atoms with van der Waals surface area (Å²) in [6.07, 6.45) is 6.51. The van der Waals surface area contributed by atoms with Crippen LogP contribution >= 0.6 is 15.9 Å². The van der Waals surface area contributed by atoms with Crippen LogP contribution in [0.15, 0.2) is 34.8 Å². The first-order valence-electron chi connectivity index (χ1n) is 19.2. The molecule has 15 nitrogen and oxygen atoms in total. The number of sulfonamides is 1. The summed E-state index contributed by atoms with van der Waals surface area (Å²) in [6, 6.07) is 3.04. The van der Waals surface area contributed by atoms with Crippen molar-refractivity contribution in [3.63, 3.8) is 0 Å². The fourth-order valence-corrected chi connectivity index (χ4v) is 9.15. The van der Waals surface area contributed by atoms with Crippen LogP contribution in [-0.4, -0.2) is 96.5 Å². The summed E-state index contributed by atoms with van der Waals surface area (Å²) < 4.78 is 51.5. The minimum atomic E-state index is -4.00. The fraction of sp³-hybridized carbons (Fsp3) is 0.615. The maximum atomic E-state index is 14.6. The smallest absolute Gasteiger partial charge is 0.408 e. The largest absolute Gasteiger partial charge is 0.495 e. The van der Waals surface area contributed by atoms with Gasteiger partial charge in [0, 0.05) is 23.8 Å². The van der Waals surface area contributed by atoms with Gasteiger partial charge in [0.05, 0.1) is 35.0 Å². The van der Waals surface area contributed by atoms with Gasteiger partial charge in [-0.2, -0.15) is 0 Å². The van der Waals surface area contributed by atoms with E-state index in [4.69, 9.17) is 18.9 Å². The van der Waals surface area contributed by atoms with Crippen LogP contribution in [0.3, 0.4) is 0 Å². The van der Waals surface area contributed by atoms with Crippen molar-refractivity contribution in [1.29, 1.82) is 0 Å². The van der Waals surface area contributed by atoms with Crippen molar-refractivity contribution in [1.82, 2.24) is 25.2 Å². The van der Waals surface area contributed by atoms with Crippen molar-refractivity contribution in [3.8, 4) is 17.4 Å². The Hall–Kier alpha value is -4.12. The van der Waals surface area contributed by atoms with Crippen molar-refractivity contribution in [2.75, 3.05) is 20.3 Å². The van der Waals surface area contributed by atoms with E-state index in [-0.39, 0.29) is 19.4 Å². The maximum Gasteiger partial charge on any atom is 0.408 e. The molecule has 2 aromatic rings. The molecule has 1 aromatic heterocycles. The lowest BCUT2D eigenvalue weighted by atomic mass is 10.0. The van der Waals surface area contributed by atoms with Gasteiger partial charge in [-0.05, 0) is 101 Å². The van der Waals surface area contributed by atoms with Crippen LogP contribution in [0.1, 0.15) is 92.4 Å². The molecule has 1 saturated heterocycles. The van der Waals surface area contributed by atoms with E-state index in [2.05, 4.69) is 36.3 Å². The van der Waals surface area contributed by atoms with Gasteiger partial charge in [-0.3, -0.25) is 19.1 Å². The van der Waals surface area contributed by atoms with Gasteiger partial charge in [0.25, 0.3) is 5.91 Å². The summed E-state index contributed by atoms with van der Waals surface area (Å²) in [5.41, 5.74) is -1.84. The molecule has 5 atom stereocenters. The summed E-state index contributed by atoms with van der Waals surface area (Å²) >= 11 is 3.58. The van der Waals surface area contributed by atoms with Crippen LogP contribution < -0.4 is 29.6 Å². The Morgan fingerprint density at radius 2 is 1.88 bits per heavy atom. The van der Waals surface area contributed by atoms with E-state index in [1.54, 1.807) is 53.0 Å². The third-order valence-corrected chi connectivity index (χ3v) is 13.7. The molecular weight excluding hydrogens is 810 g/mol. The number of nitrogens with zero attached hydrogens (tertiary/aromatic N) is 2. The van der Waals surface area contributed by atoms with Crippen LogP contribution in [0.5, 0.6) is 17.4 Å². The number of rotatable bonds is 9. The Bertz CT molecular complexity index is 2020. The first-order chi connectivity index (χ1) is 26.4. The second-order valence-corrected chi connectivity index (χ2v) is 19.3. The highest BCUT2D eigenvalue weighted by molar-refractivity contribution is 9.10. The van der Waals surface area contributed by atoms with Crippen LogP contribution in [0, 0.1) is 5.92 Å². The van der Waals surface area contributed by atoms with Gasteiger partial charge in [-0.1, -0.05) is 25.0 Å². The number of carbonyl (C=O) groups is 4. The Balaban J connectivity index is 1.35. The molecule has 17 heteroatoms. The van der Waals surface area contributed by atoms with Gasteiger partial charge in [0.2, 0.25) is 27.7 Å². The van der Waals surface area contributed by atoms with Gasteiger partial charge in [-0.15, -0.1) is 0 Å². The first-order valence-corrected chi connectivity index (χ1v) is 21.5. The highest BCUT2D eigenvalue weighted by Gasteiger charge is 2.63. The van der Waals surface area contributed by atoms with Gasteiger partial charge in [0.1, 0.15) is 40.8 Å². The highest BCUT2D eigenvalue weighted by atomic mass is 79.9. The van der Waals surface area contributed by atoms with E-state index in [1.165, 1.54) is 4.90 Å². The SMILES string of the molecule is CCOc1cc(O[C@@H]2C[C@H]3C(=O)N[C@]4(C(=O)NS(=O)(=O)C5(C)CC5)C[C@H]4/C=C\CCCCC[C@H](NC(=O)OC(C)(C)C)C(=O)N3C2)c2ccc(OC)c(Br)c2n1. The summed E-state index contributed by atoms with van der Waals surface area (Å²) in [5.74, 6) is -1.17. The second-order valence-electron chi connectivity index (χ2n) is 16.3. The number of nitrogens with one attached hydrogen (secondary N) is 3. The summed E-state index contributed by atoms with van der Waals surface area (Å²) in [4.78, 5) is 62.1. The number of aromatic nitrogens is 1. The molecule has 306 valence electrons. The Morgan fingerprint density at radius 1 is 1.12 bits per heavy atom. The minimum absolute atomic E-state index is 0.0242. The van der Waals surface area contributed by atoms with E-state index in [9.17, 15) is 27.6 Å². The maximum absolute atomic E-state index is 14.6. The lowest BCUT2D eigenvalue weighted by molar-refractivity contribution is -0.141. The zero-order valence-electron chi connectivity index (χ0n) is 32.7. The third-order valence-electron chi connectivity index (χ3n) is 10.8. The molecule has 3 N–H and O–H groups in total. The number of alkyl carbamates (subject to hydrolysis) is 1. The van der Waals surface area contributed by atoms with Crippen molar-refractivity contribution in [2.24, 2.45) is 5.92 Å². The molecule has 2 saturated carbocycles. The van der Waals surface area contributed by atoms with Gasteiger partial charge in [-0.25, -0.2) is 18.2 Å². The van der Waals surface area contributed by atoms with E-state index in [0.29, 0.717) is 71.5 Å². The summed E-state index contributed by atoms with van der Waals surface area (Å²) in [5, 5.41) is 6.27. The number of ether oxygens (including phenoxy) is 4. The van der Waals surface area contributed by atoms with E-state index < -0.39 is 73.8 Å². The van der Waals surface area contributed by atoms with E-state index in [0.717, 1.165) is 12.8 Å². The average Bonchev–Trinajstić information content (AvgIpc) is 4.00. The number of methoxy groups -OCH3 is 1. The van der Waals surface area contributed by atoms with Crippen molar-refractivity contribution in [2.45, 2.75) is 126 Å². The fourth-order valence-electron chi connectivity index (χ4n) is 7.24. The van der Waals surface area contributed by atoms with Crippen molar-refractivity contribution >= 4 is 60.7 Å². The molecule has 0 radical (unpaired) electrons. The monoisotopic (exact) mass is 861 g/mol. The van der Waals surface area contributed by atoms with Crippen LogP contribution in [-0.2, 0) is 29.1 Å². The molecule has 4 aliphatic rings. The third kappa shape index (κ3) is 8.88.